The number of halogens is 3. The van der Waals surface area contributed by atoms with Crippen LogP contribution in [0.1, 0.15) is 39.3 Å². The zero-order valence-corrected chi connectivity index (χ0v) is 17.0. The standard InChI is InChI=1S/C18H25F3N6O3/c1-4-5-7-26-15(22)14(16(29)23-17(26)30)27(9-11(2)3)13(28)10-25-8-6-12(24-25)18(19,20)21/h6,8,11H,4-5,7,9-10,22H2,1-3H3,(H,23,29,30). The fraction of sp³-hybridized carbons (Fsp3) is 0.556. The number of nitrogens with two attached hydrogens (primary N) is 1. The van der Waals surface area contributed by atoms with Gasteiger partial charge in [-0.2, -0.15) is 18.3 Å². The van der Waals surface area contributed by atoms with Crippen LogP contribution in [0, 0.1) is 5.92 Å². The maximum Gasteiger partial charge on any atom is 0.435 e. The summed E-state index contributed by atoms with van der Waals surface area (Å²) in [6.45, 7) is 5.31. The third-order valence-corrected chi connectivity index (χ3v) is 4.30. The second kappa shape index (κ2) is 9.18. The van der Waals surface area contributed by atoms with Crippen molar-refractivity contribution in [1.82, 2.24) is 19.3 Å². The molecule has 30 heavy (non-hydrogen) atoms. The van der Waals surface area contributed by atoms with Crippen molar-refractivity contribution in [2.24, 2.45) is 5.92 Å². The number of anilines is 2. The molecule has 0 aromatic carbocycles. The quantitative estimate of drug-likeness (QED) is 0.662. The number of H-pyrrole nitrogens is 1. The summed E-state index contributed by atoms with van der Waals surface area (Å²) in [6.07, 6.45) is -2.21. The Bertz CT molecular complexity index is 1010. The Kier molecular flexibility index (Phi) is 7.11. The summed E-state index contributed by atoms with van der Waals surface area (Å²) in [5.41, 5.74) is 3.22. The molecule has 0 fully saturated rings. The molecule has 9 nitrogen and oxygen atoms in total. The number of aromatic nitrogens is 4. The van der Waals surface area contributed by atoms with Crippen molar-refractivity contribution in [1.29, 1.82) is 0 Å². The number of amides is 1. The van der Waals surface area contributed by atoms with Crippen molar-refractivity contribution in [2.75, 3.05) is 17.2 Å². The molecule has 0 unspecified atom stereocenters. The molecule has 0 radical (unpaired) electrons. The van der Waals surface area contributed by atoms with Crippen molar-refractivity contribution < 1.29 is 18.0 Å². The molecule has 0 aliphatic carbocycles. The maximum atomic E-state index is 12.9. The minimum Gasteiger partial charge on any atom is -0.383 e. The molecule has 2 aromatic rings. The Hall–Kier alpha value is -3.05. The molecule has 12 heteroatoms. The van der Waals surface area contributed by atoms with Gasteiger partial charge in [0.05, 0.1) is 0 Å². The molecule has 1 amide bonds. The number of alkyl halides is 3. The van der Waals surface area contributed by atoms with E-state index in [1.165, 1.54) is 4.57 Å². The summed E-state index contributed by atoms with van der Waals surface area (Å²) in [5.74, 6) is -0.937. The second-order valence-electron chi connectivity index (χ2n) is 7.29. The Morgan fingerprint density at radius 3 is 2.53 bits per heavy atom. The van der Waals surface area contributed by atoms with Gasteiger partial charge < -0.3 is 10.6 Å². The highest BCUT2D eigenvalue weighted by Crippen LogP contribution is 2.27. The largest absolute Gasteiger partial charge is 0.435 e. The van der Waals surface area contributed by atoms with Crippen LogP contribution in [0.3, 0.4) is 0 Å². The van der Waals surface area contributed by atoms with Crippen LogP contribution in [0.4, 0.5) is 24.7 Å². The molecule has 0 spiro atoms. The van der Waals surface area contributed by atoms with E-state index in [9.17, 15) is 27.6 Å². The molecule has 2 heterocycles. The zero-order valence-electron chi connectivity index (χ0n) is 17.0. The second-order valence-corrected chi connectivity index (χ2v) is 7.29. The Balaban J connectivity index is 2.45. The number of nitrogen functional groups attached to an aromatic ring is 1. The van der Waals surface area contributed by atoms with Crippen LogP contribution in [-0.2, 0) is 24.1 Å². The van der Waals surface area contributed by atoms with Gasteiger partial charge in [0.2, 0.25) is 5.91 Å². The van der Waals surface area contributed by atoms with Crippen LogP contribution >= 0.6 is 0 Å². The van der Waals surface area contributed by atoms with Gasteiger partial charge in [0, 0.05) is 19.3 Å². The summed E-state index contributed by atoms with van der Waals surface area (Å²) in [7, 11) is 0. The Morgan fingerprint density at radius 1 is 1.33 bits per heavy atom. The number of nitrogens with zero attached hydrogens (tertiary/aromatic N) is 4. The van der Waals surface area contributed by atoms with Gasteiger partial charge in [0.25, 0.3) is 5.56 Å². The lowest BCUT2D eigenvalue weighted by molar-refractivity contribution is -0.141. The van der Waals surface area contributed by atoms with E-state index in [0.29, 0.717) is 6.42 Å². The molecule has 166 valence electrons. The molecular weight excluding hydrogens is 405 g/mol. The first-order valence-corrected chi connectivity index (χ1v) is 9.49. The minimum absolute atomic E-state index is 0.0749. The lowest BCUT2D eigenvalue weighted by Crippen LogP contribution is -2.44. The molecule has 2 aromatic heterocycles. The first-order chi connectivity index (χ1) is 14.0. The molecule has 0 saturated heterocycles. The summed E-state index contributed by atoms with van der Waals surface area (Å²) in [4.78, 5) is 40.8. The topological polar surface area (TPSA) is 119 Å². The average Bonchev–Trinajstić information content (AvgIpc) is 3.09. The van der Waals surface area contributed by atoms with Gasteiger partial charge in [-0.25, -0.2) is 4.79 Å². The van der Waals surface area contributed by atoms with Crippen LogP contribution in [-0.4, -0.2) is 31.8 Å². The van der Waals surface area contributed by atoms with Crippen LogP contribution in [0.25, 0.3) is 0 Å². The highest BCUT2D eigenvalue weighted by atomic mass is 19.4. The molecule has 0 atom stereocenters. The van der Waals surface area contributed by atoms with E-state index in [1.54, 1.807) is 13.8 Å². The smallest absolute Gasteiger partial charge is 0.383 e. The number of hydrogen-bond donors (Lipinski definition) is 2. The third-order valence-electron chi connectivity index (χ3n) is 4.30. The SMILES string of the molecule is CCCCn1c(N)c(N(CC(C)C)C(=O)Cn2ccc(C(F)(F)F)n2)c(=O)[nH]c1=O. The molecule has 0 aliphatic rings. The van der Waals surface area contributed by atoms with Gasteiger partial charge >= 0.3 is 11.9 Å². The van der Waals surface area contributed by atoms with E-state index in [-0.39, 0.29) is 30.5 Å². The van der Waals surface area contributed by atoms with Crippen molar-refractivity contribution in [3.8, 4) is 0 Å². The third kappa shape index (κ3) is 5.30. The zero-order chi connectivity index (χ0) is 22.6. The minimum atomic E-state index is -4.64. The number of aromatic amines is 1. The van der Waals surface area contributed by atoms with Gasteiger partial charge in [-0.1, -0.05) is 27.2 Å². The molecule has 0 bridgehead atoms. The summed E-state index contributed by atoms with van der Waals surface area (Å²) >= 11 is 0. The highest BCUT2D eigenvalue weighted by molar-refractivity contribution is 5.95. The first-order valence-electron chi connectivity index (χ1n) is 9.49. The molecule has 3 N–H and O–H groups in total. The Morgan fingerprint density at radius 2 is 2.00 bits per heavy atom. The molecular formula is C18H25F3N6O3. The lowest BCUT2D eigenvalue weighted by atomic mass is 10.2. The van der Waals surface area contributed by atoms with Crippen LogP contribution in [0.15, 0.2) is 21.9 Å². The Labute approximate surface area is 170 Å². The maximum absolute atomic E-state index is 12.9. The van der Waals surface area contributed by atoms with Crippen molar-refractivity contribution in [2.45, 2.75) is 52.9 Å². The molecule has 2 rings (SSSR count). The van der Waals surface area contributed by atoms with Crippen molar-refractivity contribution in [3.05, 3.63) is 38.8 Å². The predicted molar refractivity (Wildman–Crippen MR) is 105 cm³/mol. The summed E-state index contributed by atoms with van der Waals surface area (Å²) < 4.78 is 40.3. The van der Waals surface area contributed by atoms with Gasteiger partial charge in [-0.05, 0) is 18.4 Å². The normalized spacial score (nSPS) is 11.8. The van der Waals surface area contributed by atoms with Gasteiger partial charge in [-0.15, -0.1) is 0 Å². The van der Waals surface area contributed by atoms with Gasteiger partial charge in [0.15, 0.2) is 11.4 Å². The fourth-order valence-electron chi connectivity index (χ4n) is 2.88. The fourth-order valence-corrected chi connectivity index (χ4v) is 2.88. The first kappa shape index (κ1) is 23.2. The predicted octanol–water partition coefficient (Wildman–Crippen LogP) is 1.82. The van der Waals surface area contributed by atoms with E-state index in [2.05, 4.69) is 10.1 Å². The summed E-state index contributed by atoms with van der Waals surface area (Å²) in [5, 5.41) is 3.37. The van der Waals surface area contributed by atoms with Crippen LogP contribution < -0.4 is 21.9 Å². The molecule has 0 aliphatic heterocycles. The molecule has 0 saturated carbocycles. The van der Waals surface area contributed by atoms with Crippen LogP contribution in [0.2, 0.25) is 0 Å². The number of unbranched alkanes of at least 4 members (excludes halogenated alkanes) is 1. The van der Waals surface area contributed by atoms with Gasteiger partial charge in [0.1, 0.15) is 12.4 Å². The van der Waals surface area contributed by atoms with Crippen molar-refractivity contribution in [3.63, 3.8) is 0 Å². The van der Waals surface area contributed by atoms with E-state index in [0.717, 1.165) is 28.3 Å². The number of carbonyl (C=O) groups is 1. The monoisotopic (exact) mass is 430 g/mol. The average molecular weight is 430 g/mol. The number of carbonyl (C=O) groups excluding carboxylic acids is 1. The van der Waals surface area contributed by atoms with E-state index >= 15 is 0 Å². The van der Waals surface area contributed by atoms with Crippen molar-refractivity contribution >= 4 is 17.4 Å². The van der Waals surface area contributed by atoms with E-state index in [1.807, 2.05) is 6.92 Å². The summed E-state index contributed by atoms with van der Waals surface area (Å²) in [6, 6.07) is 0.756. The number of nitrogens with one attached hydrogen (secondary N) is 1. The highest BCUT2D eigenvalue weighted by Gasteiger charge is 2.34. The van der Waals surface area contributed by atoms with Crippen LogP contribution in [0.5, 0.6) is 0 Å². The van der Waals surface area contributed by atoms with E-state index in [4.69, 9.17) is 5.73 Å². The van der Waals surface area contributed by atoms with Gasteiger partial charge in [-0.3, -0.25) is 23.8 Å². The number of hydrogen-bond acceptors (Lipinski definition) is 5. The lowest BCUT2D eigenvalue weighted by Gasteiger charge is -2.26. The van der Waals surface area contributed by atoms with E-state index < -0.39 is 35.6 Å². The number of rotatable bonds is 8.